The van der Waals surface area contributed by atoms with E-state index in [1.807, 2.05) is 0 Å². The summed E-state index contributed by atoms with van der Waals surface area (Å²) >= 11 is 0. The minimum atomic E-state index is -0.600. The highest BCUT2D eigenvalue weighted by atomic mass is 19.1. The maximum Gasteiger partial charge on any atom is 0.225 e. The number of carbonyl (C=O) groups excluding carboxylic acids is 1. The maximum atomic E-state index is 14.1. The van der Waals surface area contributed by atoms with Gasteiger partial charge in [-0.25, -0.2) is 13.8 Å². The van der Waals surface area contributed by atoms with Crippen LogP contribution in [0.15, 0.2) is 42.6 Å². The molecular weight excluding hydrogens is 288 g/mol. The fourth-order valence-corrected chi connectivity index (χ4v) is 2.20. The molecule has 3 aromatic rings. The summed E-state index contributed by atoms with van der Waals surface area (Å²) in [5.74, 6) is -1.08. The largest absolute Gasteiger partial charge is 0.310 e. The Morgan fingerprint density at radius 3 is 2.86 bits per heavy atom. The number of anilines is 1. The molecule has 3 rings (SSSR count). The van der Waals surface area contributed by atoms with E-state index in [1.165, 1.54) is 0 Å². The number of hydrogen-bond donors (Lipinski definition) is 1. The standard InChI is InChI=1S/C16H13F2N3O/c1-2-14(22)20-16-15(11-9-10(17)6-7-12(11)18)19-13-5-3-4-8-21(13)16/h3-9H,2H2,1H3,(H,20,22). The number of benzene rings is 1. The van der Waals surface area contributed by atoms with E-state index in [0.29, 0.717) is 11.5 Å². The van der Waals surface area contributed by atoms with Gasteiger partial charge in [0.15, 0.2) is 0 Å². The number of carbonyl (C=O) groups is 1. The second-order valence-electron chi connectivity index (χ2n) is 4.76. The number of rotatable bonds is 3. The number of halogens is 2. The minimum Gasteiger partial charge on any atom is -0.310 e. The topological polar surface area (TPSA) is 46.4 Å². The summed E-state index contributed by atoms with van der Waals surface area (Å²) in [6.07, 6.45) is 1.97. The first-order valence-corrected chi connectivity index (χ1v) is 6.82. The van der Waals surface area contributed by atoms with Crippen molar-refractivity contribution in [1.29, 1.82) is 0 Å². The van der Waals surface area contributed by atoms with E-state index in [9.17, 15) is 13.6 Å². The molecule has 0 bridgehead atoms. The van der Waals surface area contributed by atoms with Gasteiger partial charge in [-0.1, -0.05) is 13.0 Å². The summed E-state index contributed by atoms with van der Waals surface area (Å²) in [5, 5.41) is 2.70. The van der Waals surface area contributed by atoms with Crippen molar-refractivity contribution in [3.8, 4) is 11.3 Å². The Balaban J connectivity index is 2.26. The number of pyridine rings is 1. The number of nitrogens with one attached hydrogen (secondary N) is 1. The van der Waals surface area contributed by atoms with E-state index in [2.05, 4.69) is 10.3 Å². The van der Waals surface area contributed by atoms with Gasteiger partial charge in [0, 0.05) is 18.2 Å². The molecule has 2 aromatic heterocycles. The van der Waals surface area contributed by atoms with Crippen LogP contribution in [0.4, 0.5) is 14.6 Å². The highest BCUT2D eigenvalue weighted by Crippen LogP contribution is 2.31. The van der Waals surface area contributed by atoms with E-state index in [4.69, 9.17) is 0 Å². The molecule has 112 valence electrons. The second-order valence-corrected chi connectivity index (χ2v) is 4.76. The number of amides is 1. The van der Waals surface area contributed by atoms with Gasteiger partial charge in [0.2, 0.25) is 5.91 Å². The fourth-order valence-electron chi connectivity index (χ4n) is 2.20. The van der Waals surface area contributed by atoms with E-state index in [0.717, 1.165) is 18.2 Å². The molecule has 0 radical (unpaired) electrons. The Hall–Kier alpha value is -2.76. The van der Waals surface area contributed by atoms with Crippen molar-refractivity contribution in [3.63, 3.8) is 0 Å². The van der Waals surface area contributed by atoms with Crippen LogP contribution in [0.25, 0.3) is 16.9 Å². The lowest BCUT2D eigenvalue weighted by molar-refractivity contribution is -0.115. The Morgan fingerprint density at radius 1 is 1.27 bits per heavy atom. The molecule has 2 heterocycles. The van der Waals surface area contributed by atoms with E-state index in [1.54, 1.807) is 35.7 Å². The molecule has 1 amide bonds. The number of fused-ring (bicyclic) bond motifs is 1. The van der Waals surface area contributed by atoms with Crippen molar-refractivity contribution < 1.29 is 13.6 Å². The molecule has 0 aliphatic carbocycles. The number of hydrogen-bond acceptors (Lipinski definition) is 2. The Morgan fingerprint density at radius 2 is 2.09 bits per heavy atom. The molecule has 1 N–H and O–H groups in total. The fraction of sp³-hybridized carbons (Fsp3) is 0.125. The summed E-state index contributed by atoms with van der Waals surface area (Å²) in [4.78, 5) is 16.1. The van der Waals surface area contributed by atoms with Crippen molar-refractivity contribution in [2.24, 2.45) is 0 Å². The van der Waals surface area contributed by atoms with Crippen LogP contribution in [-0.4, -0.2) is 15.3 Å². The zero-order valence-electron chi connectivity index (χ0n) is 11.8. The van der Waals surface area contributed by atoms with Gasteiger partial charge >= 0.3 is 0 Å². The van der Waals surface area contributed by atoms with Gasteiger partial charge < -0.3 is 5.32 Å². The summed E-state index contributed by atoms with van der Waals surface area (Å²) in [5.41, 5.74) is 0.743. The van der Waals surface area contributed by atoms with E-state index >= 15 is 0 Å². The molecule has 0 spiro atoms. The molecule has 0 unspecified atom stereocenters. The molecule has 0 aliphatic rings. The average molecular weight is 301 g/mol. The van der Waals surface area contributed by atoms with Crippen LogP contribution < -0.4 is 5.32 Å². The van der Waals surface area contributed by atoms with Crippen molar-refractivity contribution in [3.05, 3.63) is 54.2 Å². The maximum absolute atomic E-state index is 14.1. The Labute approximate surface area is 125 Å². The third-order valence-corrected chi connectivity index (χ3v) is 3.29. The predicted molar refractivity (Wildman–Crippen MR) is 79.5 cm³/mol. The number of aromatic nitrogens is 2. The first-order valence-electron chi connectivity index (χ1n) is 6.82. The number of imidazole rings is 1. The van der Waals surface area contributed by atoms with Crippen LogP contribution >= 0.6 is 0 Å². The summed E-state index contributed by atoms with van der Waals surface area (Å²) < 4.78 is 29.1. The highest BCUT2D eigenvalue weighted by Gasteiger charge is 2.19. The van der Waals surface area contributed by atoms with Gasteiger partial charge in [0.1, 0.15) is 28.8 Å². The third-order valence-electron chi connectivity index (χ3n) is 3.29. The second kappa shape index (κ2) is 5.55. The number of nitrogens with zero attached hydrogens (tertiary/aromatic N) is 2. The summed E-state index contributed by atoms with van der Waals surface area (Å²) in [6.45, 7) is 1.71. The summed E-state index contributed by atoms with van der Waals surface area (Å²) in [6, 6.07) is 8.42. The minimum absolute atomic E-state index is 0.00935. The molecule has 0 saturated carbocycles. The molecule has 0 aliphatic heterocycles. The molecule has 0 atom stereocenters. The normalized spacial score (nSPS) is 10.9. The molecular formula is C16H13F2N3O. The molecule has 6 heteroatoms. The van der Waals surface area contributed by atoms with Crippen LogP contribution in [-0.2, 0) is 4.79 Å². The molecule has 22 heavy (non-hydrogen) atoms. The van der Waals surface area contributed by atoms with Crippen LogP contribution in [0.1, 0.15) is 13.3 Å². The third kappa shape index (κ3) is 2.43. The molecule has 4 nitrogen and oxygen atoms in total. The van der Waals surface area contributed by atoms with Gasteiger partial charge in [0.05, 0.1) is 0 Å². The Kier molecular flexibility index (Phi) is 3.58. The van der Waals surface area contributed by atoms with Crippen molar-refractivity contribution in [2.75, 3.05) is 5.32 Å². The van der Waals surface area contributed by atoms with E-state index < -0.39 is 11.6 Å². The summed E-state index contributed by atoms with van der Waals surface area (Å²) in [7, 11) is 0. The lowest BCUT2D eigenvalue weighted by atomic mass is 10.1. The van der Waals surface area contributed by atoms with Crippen LogP contribution in [0, 0.1) is 11.6 Å². The van der Waals surface area contributed by atoms with Crippen molar-refractivity contribution in [1.82, 2.24) is 9.38 Å². The van der Waals surface area contributed by atoms with Gasteiger partial charge in [-0.3, -0.25) is 9.20 Å². The molecule has 1 aromatic carbocycles. The highest BCUT2D eigenvalue weighted by molar-refractivity contribution is 5.94. The predicted octanol–water partition coefficient (Wildman–Crippen LogP) is 3.63. The van der Waals surface area contributed by atoms with Crippen LogP contribution in [0.2, 0.25) is 0 Å². The van der Waals surface area contributed by atoms with Gasteiger partial charge in [-0.05, 0) is 30.3 Å². The van der Waals surface area contributed by atoms with Crippen molar-refractivity contribution in [2.45, 2.75) is 13.3 Å². The lowest BCUT2D eigenvalue weighted by Gasteiger charge is -2.07. The van der Waals surface area contributed by atoms with Crippen LogP contribution in [0.3, 0.4) is 0 Å². The van der Waals surface area contributed by atoms with Gasteiger partial charge in [-0.2, -0.15) is 0 Å². The quantitative estimate of drug-likeness (QED) is 0.803. The Bertz CT molecular complexity index is 858. The first-order chi connectivity index (χ1) is 10.6. The lowest BCUT2D eigenvalue weighted by Crippen LogP contribution is -2.12. The SMILES string of the molecule is CCC(=O)Nc1c(-c2cc(F)ccc2F)nc2ccccn12. The van der Waals surface area contributed by atoms with Crippen LogP contribution in [0.5, 0.6) is 0 Å². The smallest absolute Gasteiger partial charge is 0.225 e. The monoisotopic (exact) mass is 301 g/mol. The van der Waals surface area contributed by atoms with Gasteiger partial charge in [-0.15, -0.1) is 0 Å². The first kappa shape index (κ1) is 14.2. The zero-order chi connectivity index (χ0) is 15.7. The molecule has 0 fully saturated rings. The molecule has 0 saturated heterocycles. The van der Waals surface area contributed by atoms with Crippen molar-refractivity contribution >= 4 is 17.4 Å². The van der Waals surface area contributed by atoms with Gasteiger partial charge in [0.25, 0.3) is 0 Å². The zero-order valence-corrected chi connectivity index (χ0v) is 11.8. The average Bonchev–Trinajstić information content (AvgIpc) is 2.88. The van der Waals surface area contributed by atoms with E-state index in [-0.39, 0.29) is 23.6 Å².